The highest BCUT2D eigenvalue weighted by Gasteiger charge is 2.01. The van der Waals surface area contributed by atoms with Crippen molar-refractivity contribution in [3.05, 3.63) is 33.4 Å². The maximum Gasteiger partial charge on any atom is 0.264 e. The van der Waals surface area contributed by atoms with Crippen LogP contribution in [0.15, 0.2) is 24.3 Å². The second-order valence-electron chi connectivity index (χ2n) is 3.57. The lowest BCUT2D eigenvalue weighted by atomic mass is 10.1. The van der Waals surface area contributed by atoms with Gasteiger partial charge < -0.3 is 0 Å². The SMILES string of the molecule is CS(=O)(=O)OCCCCc1ccccc1I. The Hall–Kier alpha value is -0.140. The van der Waals surface area contributed by atoms with Crippen molar-refractivity contribution in [2.45, 2.75) is 19.3 Å². The largest absolute Gasteiger partial charge is 0.270 e. The van der Waals surface area contributed by atoms with Crippen molar-refractivity contribution >= 4 is 32.7 Å². The quantitative estimate of drug-likeness (QED) is 0.448. The molecule has 1 rings (SSSR count). The van der Waals surface area contributed by atoms with Gasteiger partial charge >= 0.3 is 0 Å². The van der Waals surface area contributed by atoms with E-state index in [0.29, 0.717) is 0 Å². The Balaban J connectivity index is 2.24. The highest BCUT2D eigenvalue weighted by Crippen LogP contribution is 2.14. The van der Waals surface area contributed by atoms with Crippen molar-refractivity contribution in [3.63, 3.8) is 0 Å². The second kappa shape index (κ2) is 6.56. The highest BCUT2D eigenvalue weighted by molar-refractivity contribution is 14.1. The summed E-state index contributed by atoms with van der Waals surface area (Å²) in [6, 6.07) is 8.20. The van der Waals surface area contributed by atoms with E-state index >= 15 is 0 Å². The van der Waals surface area contributed by atoms with Gasteiger partial charge in [0.25, 0.3) is 10.1 Å². The van der Waals surface area contributed by atoms with E-state index < -0.39 is 10.1 Å². The Kier molecular flexibility index (Phi) is 5.71. The van der Waals surface area contributed by atoms with E-state index in [0.717, 1.165) is 25.5 Å². The first-order valence-corrected chi connectivity index (χ1v) is 7.96. The molecule has 3 nitrogen and oxygen atoms in total. The van der Waals surface area contributed by atoms with Gasteiger partial charge in [0.05, 0.1) is 12.9 Å². The first-order chi connectivity index (χ1) is 7.49. The minimum Gasteiger partial charge on any atom is -0.270 e. The molecule has 0 atom stereocenters. The van der Waals surface area contributed by atoms with Crippen molar-refractivity contribution in [2.24, 2.45) is 0 Å². The third-order valence-corrected chi connectivity index (χ3v) is 3.74. The lowest BCUT2D eigenvalue weighted by molar-refractivity contribution is 0.312. The van der Waals surface area contributed by atoms with E-state index in [2.05, 4.69) is 38.9 Å². The molecule has 0 spiro atoms. The van der Waals surface area contributed by atoms with Gasteiger partial charge in [0, 0.05) is 3.57 Å². The van der Waals surface area contributed by atoms with Gasteiger partial charge in [-0.15, -0.1) is 0 Å². The lowest BCUT2D eigenvalue weighted by Crippen LogP contribution is -2.04. The molecule has 0 bridgehead atoms. The fourth-order valence-electron chi connectivity index (χ4n) is 1.33. The molecule has 0 aromatic heterocycles. The van der Waals surface area contributed by atoms with Crippen LogP contribution in [0.5, 0.6) is 0 Å². The molecule has 0 aliphatic rings. The van der Waals surface area contributed by atoms with Crippen molar-refractivity contribution in [3.8, 4) is 0 Å². The maximum absolute atomic E-state index is 10.7. The fourth-order valence-corrected chi connectivity index (χ4v) is 2.41. The first-order valence-electron chi connectivity index (χ1n) is 5.07. The summed E-state index contributed by atoms with van der Waals surface area (Å²) in [5.41, 5.74) is 1.31. The second-order valence-corrected chi connectivity index (χ2v) is 6.38. The van der Waals surface area contributed by atoms with Crippen LogP contribution in [0.25, 0.3) is 0 Å². The summed E-state index contributed by atoms with van der Waals surface area (Å²) >= 11 is 2.31. The predicted octanol–water partition coefficient (Wildman–Crippen LogP) is 2.59. The standard InChI is InChI=1S/C11H15IO3S/c1-16(13,14)15-9-5-4-7-10-6-2-3-8-11(10)12/h2-3,6,8H,4-5,7,9H2,1H3. The molecule has 5 heteroatoms. The molecule has 0 saturated heterocycles. The molecule has 1 aromatic carbocycles. The van der Waals surface area contributed by atoms with Crippen molar-refractivity contribution in [1.82, 2.24) is 0 Å². The Morgan fingerprint density at radius 2 is 1.94 bits per heavy atom. The third kappa shape index (κ3) is 5.81. The molecule has 0 amide bonds. The highest BCUT2D eigenvalue weighted by atomic mass is 127. The van der Waals surface area contributed by atoms with Crippen LogP contribution in [-0.4, -0.2) is 21.3 Å². The van der Waals surface area contributed by atoms with Crippen LogP contribution < -0.4 is 0 Å². The molecule has 0 N–H and O–H groups in total. The molecule has 0 fully saturated rings. The molecule has 0 aliphatic heterocycles. The average molecular weight is 354 g/mol. The number of aryl methyl sites for hydroxylation is 1. The molecular weight excluding hydrogens is 339 g/mol. The average Bonchev–Trinajstić information content (AvgIpc) is 2.18. The molecule has 0 saturated carbocycles. The van der Waals surface area contributed by atoms with Crippen LogP contribution in [0.3, 0.4) is 0 Å². The smallest absolute Gasteiger partial charge is 0.264 e. The number of halogens is 1. The fraction of sp³-hybridized carbons (Fsp3) is 0.455. The van der Waals surface area contributed by atoms with E-state index in [1.807, 2.05) is 12.1 Å². The zero-order valence-corrected chi connectivity index (χ0v) is 12.1. The number of hydrogen-bond acceptors (Lipinski definition) is 3. The summed E-state index contributed by atoms with van der Waals surface area (Å²) in [6.45, 7) is 0.280. The Morgan fingerprint density at radius 1 is 1.25 bits per heavy atom. The van der Waals surface area contributed by atoms with Gasteiger partial charge in [-0.1, -0.05) is 18.2 Å². The van der Waals surface area contributed by atoms with Gasteiger partial charge in [-0.2, -0.15) is 8.42 Å². The Labute approximate surface area is 110 Å². The summed E-state index contributed by atoms with van der Waals surface area (Å²) in [4.78, 5) is 0. The first kappa shape index (κ1) is 13.9. The van der Waals surface area contributed by atoms with Crippen molar-refractivity contribution in [1.29, 1.82) is 0 Å². The number of rotatable bonds is 6. The van der Waals surface area contributed by atoms with E-state index in [9.17, 15) is 8.42 Å². The van der Waals surface area contributed by atoms with Gasteiger partial charge in [-0.05, 0) is 53.5 Å². The molecule has 16 heavy (non-hydrogen) atoms. The van der Waals surface area contributed by atoms with Gasteiger partial charge in [-0.3, -0.25) is 4.18 Å². The van der Waals surface area contributed by atoms with Crippen LogP contribution in [0.2, 0.25) is 0 Å². The minimum absolute atomic E-state index is 0.280. The third-order valence-electron chi connectivity index (χ3n) is 2.10. The normalized spacial score (nSPS) is 11.6. The zero-order valence-electron chi connectivity index (χ0n) is 9.15. The maximum atomic E-state index is 10.7. The van der Waals surface area contributed by atoms with E-state index in [1.54, 1.807) is 0 Å². The number of unbranched alkanes of at least 4 members (excludes halogenated alkanes) is 1. The van der Waals surface area contributed by atoms with E-state index in [-0.39, 0.29) is 6.61 Å². The summed E-state index contributed by atoms with van der Waals surface area (Å²) in [5, 5.41) is 0. The summed E-state index contributed by atoms with van der Waals surface area (Å²) in [6.07, 6.45) is 3.74. The Morgan fingerprint density at radius 3 is 2.56 bits per heavy atom. The number of benzene rings is 1. The van der Waals surface area contributed by atoms with Gasteiger partial charge in [-0.25, -0.2) is 0 Å². The van der Waals surface area contributed by atoms with Gasteiger partial charge in [0.1, 0.15) is 0 Å². The monoisotopic (exact) mass is 354 g/mol. The van der Waals surface area contributed by atoms with Gasteiger partial charge in [0.2, 0.25) is 0 Å². The zero-order chi connectivity index (χ0) is 12.0. The predicted molar refractivity (Wildman–Crippen MR) is 72.9 cm³/mol. The molecule has 0 heterocycles. The van der Waals surface area contributed by atoms with Crippen LogP contribution in [0, 0.1) is 3.57 Å². The van der Waals surface area contributed by atoms with Crippen LogP contribution in [0.1, 0.15) is 18.4 Å². The van der Waals surface area contributed by atoms with Crippen LogP contribution in [0.4, 0.5) is 0 Å². The van der Waals surface area contributed by atoms with E-state index in [4.69, 9.17) is 0 Å². The van der Waals surface area contributed by atoms with Crippen molar-refractivity contribution in [2.75, 3.05) is 12.9 Å². The minimum atomic E-state index is -3.28. The van der Waals surface area contributed by atoms with Crippen LogP contribution >= 0.6 is 22.6 Å². The Bertz CT molecular complexity index is 429. The summed E-state index contributed by atoms with van der Waals surface area (Å²) in [5.74, 6) is 0. The van der Waals surface area contributed by atoms with Crippen molar-refractivity contribution < 1.29 is 12.6 Å². The lowest BCUT2D eigenvalue weighted by Gasteiger charge is -2.04. The summed E-state index contributed by atoms with van der Waals surface area (Å²) in [7, 11) is -3.28. The molecular formula is C11H15IO3S. The van der Waals surface area contributed by atoms with E-state index in [1.165, 1.54) is 9.13 Å². The summed E-state index contributed by atoms with van der Waals surface area (Å²) < 4.78 is 27.3. The van der Waals surface area contributed by atoms with Crippen LogP contribution in [-0.2, 0) is 20.7 Å². The number of hydrogen-bond donors (Lipinski definition) is 0. The molecule has 0 aliphatic carbocycles. The molecule has 90 valence electrons. The molecule has 0 radical (unpaired) electrons. The topological polar surface area (TPSA) is 43.4 Å². The molecule has 1 aromatic rings. The van der Waals surface area contributed by atoms with Gasteiger partial charge in [0.15, 0.2) is 0 Å². The molecule has 0 unspecified atom stereocenters.